The normalized spacial score (nSPS) is 20.5. The van der Waals surface area contributed by atoms with E-state index in [2.05, 4.69) is 22.8 Å². The lowest BCUT2D eigenvalue weighted by molar-refractivity contribution is -0.131. The molecule has 4 rings (SSSR count). The van der Waals surface area contributed by atoms with Gasteiger partial charge in [0.2, 0.25) is 11.8 Å². The molecule has 8 nitrogen and oxygen atoms in total. The summed E-state index contributed by atoms with van der Waals surface area (Å²) >= 11 is 10.6. The van der Waals surface area contributed by atoms with Gasteiger partial charge in [-0.2, -0.15) is 12.6 Å². The van der Waals surface area contributed by atoms with Crippen LogP contribution in [0.5, 0.6) is 0 Å². The van der Waals surface area contributed by atoms with Gasteiger partial charge in [-0.1, -0.05) is 11.6 Å². The van der Waals surface area contributed by atoms with Crippen LogP contribution in [0.15, 0.2) is 18.2 Å². The second-order valence-electron chi connectivity index (χ2n) is 9.06. The lowest BCUT2D eigenvalue weighted by Crippen LogP contribution is -2.60. The fraction of sp³-hybridized carbons (Fsp3) is 0.609. The number of amides is 3. The number of piperidine rings is 1. The van der Waals surface area contributed by atoms with Gasteiger partial charge in [0.05, 0.1) is 22.4 Å². The molecule has 0 atom stereocenters. The van der Waals surface area contributed by atoms with Crippen LogP contribution in [0.1, 0.15) is 30.1 Å². The fourth-order valence-electron chi connectivity index (χ4n) is 4.89. The molecule has 3 aliphatic rings. The van der Waals surface area contributed by atoms with E-state index in [1.165, 1.54) is 0 Å². The first-order valence-electron chi connectivity index (χ1n) is 11.6. The third-order valence-electron chi connectivity index (χ3n) is 6.96. The van der Waals surface area contributed by atoms with E-state index in [0.717, 1.165) is 44.7 Å². The van der Waals surface area contributed by atoms with E-state index in [4.69, 9.17) is 11.6 Å². The van der Waals surface area contributed by atoms with Crippen molar-refractivity contribution >= 4 is 47.6 Å². The van der Waals surface area contributed by atoms with Crippen LogP contribution in [-0.2, 0) is 9.59 Å². The third kappa shape index (κ3) is 5.58. The number of likely N-dealkylation sites (tertiary alicyclic amines) is 2. The zero-order valence-corrected chi connectivity index (χ0v) is 20.7. The largest absolute Gasteiger partial charge is 0.380 e. The van der Waals surface area contributed by atoms with Crippen LogP contribution in [0.25, 0.3) is 0 Å². The Balaban J connectivity index is 1.24. The molecule has 1 N–H and O–H groups in total. The molecular formula is C23H32ClN5O3S. The summed E-state index contributed by atoms with van der Waals surface area (Å²) in [7, 11) is 0. The summed E-state index contributed by atoms with van der Waals surface area (Å²) in [6.45, 7) is 7.26. The van der Waals surface area contributed by atoms with Crippen molar-refractivity contribution in [3.63, 3.8) is 0 Å². The minimum absolute atomic E-state index is 0.0409. The molecule has 3 heterocycles. The number of anilines is 1. The summed E-state index contributed by atoms with van der Waals surface area (Å²) < 4.78 is 0. The minimum atomic E-state index is -0.0905. The first kappa shape index (κ1) is 24.2. The Kier molecular flexibility index (Phi) is 7.71. The molecular weight excluding hydrogens is 462 g/mol. The van der Waals surface area contributed by atoms with E-state index >= 15 is 0 Å². The van der Waals surface area contributed by atoms with Crippen molar-refractivity contribution in [2.75, 3.05) is 63.4 Å². The molecule has 10 heteroatoms. The van der Waals surface area contributed by atoms with Crippen LogP contribution < -0.4 is 5.32 Å². The number of nitrogens with zero attached hydrogens (tertiary/aromatic N) is 4. The summed E-state index contributed by atoms with van der Waals surface area (Å²) in [6.07, 6.45) is 2.02. The highest BCUT2D eigenvalue weighted by Crippen LogP contribution is 2.27. The molecule has 3 aliphatic heterocycles. The van der Waals surface area contributed by atoms with E-state index in [1.54, 1.807) is 22.8 Å². The molecule has 0 bridgehead atoms. The van der Waals surface area contributed by atoms with Gasteiger partial charge < -0.3 is 20.0 Å². The highest BCUT2D eigenvalue weighted by atomic mass is 35.5. The number of rotatable bonds is 5. The molecule has 0 saturated carbocycles. The standard InChI is InChI=1S/C23H32ClN5O3S/c1-16(30)26-8-10-28(11-9-26)23(32)20-3-2-17(12-21(20)24)25-18-13-29(14-18)19-4-6-27(7-5-19)22(31)15-33/h2-3,12,18-19,25,33H,4-11,13-15H2,1H3. The zero-order chi connectivity index (χ0) is 23.5. The summed E-state index contributed by atoms with van der Waals surface area (Å²) in [6, 6.07) is 6.40. The molecule has 3 fully saturated rings. The van der Waals surface area contributed by atoms with Crippen LogP contribution in [-0.4, -0.2) is 108 Å². The number of benzene rings is 1. The quantitative estimate of drug-likeness (QED) is 0.610. The number of thiol groups is 1. The van der Waals surface area contributed by atoms with Gasteiger partial charge in [-0.05, 0) is 31.0 Å². The van der Waals surface area contributed by atoms with Gasteiger partial charge in [0, 0.05) is 71.0 Å². The molecule has 0 radical (unpaired) electrons. The van der Waals surface area contributed by atoms with Crippen molar-refractivity contribution in [1.29, 1.82) is 0 Å². The second kappa shape index (κ2) is 10.5. The number of carbonyl (C=O) groups excluding carboxylic acids is 3. The Bertz CT molecular complexity index is 894. The van der Waals surface area contributed by atoms with Gasteiger partial charge >= 0.3 is 0 Å². The SMILES string of the molecule is CC(=O)N1CCN(C(=O)c2ccc(NC3CN(C4CCN(C(=O)CS)CC4)C3)cc2Cl)CC1. The summed E-state index contributed by atoms with van der Waals surface area (Å²) in [4.78, 5) is 44.0. The van der Waals surface area contributed by atoms with E-state index < -0.39 is 0 Å². The van der Waals surface area contributed by atoms with Crippen LogP contribution in [0.2, 0.25) is 5.02 Å². The minimum Gasteiger partial charge on any atom is -0.380 e. The van der Waals surface area contributed by atoms with Gasteiger partial charge in [-0.15, -0.1) is 0 Å². The van der Waals surface area contributed by atoms with Crippen molar-refractivity contribution < 1.29 is 14.4 Å². The Hall–Kier alpha value is -1.97. The van der Waals surface area contributed by atoms with Crippen LogP contribution >= 0.6 is 24.2 Å². The second-order valence-corrected chi connectivity index (χ2v) is 9.78. The molecule has 0 spiro atoms. The number of halogens is 1. The maximum atomic E-state index is 12.9. The Labute approximate surface area is 205 Å². The third-order valence-corrected chi connectivity index (χ3v) is 7.54. The highest BCUT2D eigenvalue weighted by molar-refractivity contribution is 7.81. The number of hydrogen-bond donors (Lipinski definition) is 2. The number of piperazine rings is 1. The fourth-order valence-corrected chi connectivity index (χ4v) is 5.35. The maximum Gasteiger partial charge on any atom is 0.255 e. The smallest absolute Gasteiger partial charge is 0.255 e. The monoisotopic (exact) mass is 493 g/mol. The summed E-state index contributed by atoms with van der Waals surface area (Å²) in [5.74, 6) is 0.354. The Morgan fingerprint density at radius 1 is 1.00 bits per heavy atom. The van der Waals surface area contributed by atoms with Crippen LogP contribution in [0, 0.1) is 0 Å². The highest BCUT2D eigenvalue weighted by Gasteiger charge is 2.35. The molecule has 3 amide bonds. The van der Waals surface area contributed by atoms with Crippen molar-refractivity contribution in [2.24, 2.45) is 0 Å². The van der Waals surface area contributed by atoms with Gasteiger partial charge in [0.25, 0.3) is 5.91 Å². The van der Waals surface area contributed by atoms with Crippen molar-refractivity contribution in [1.82, 2.24) is 19.6 Å². The zero-order valence-electron chi connectivity index (χ0n) is 19.0. The van der Waals surface area contributed by atoms with Crippen LogP contribution in [0.3, 0.4) is 0 Å². The molecule has 0 aromatic heterocycles. The van der Waals surface area contributed by atoms with E-state index in [-0.39, 0.29) is 23.5 Å². The van der Waals surface area contributed by atoms with E-state index in [9.17, 15) is 14.4 Å². The van der Waals surface area contributed by atoms with Gasteiger partial charge in [0.15, 0.2) is 0 Å². The molecule has 1 aromatic rings. The molecule has 3 saturated heterocycles. The first-order valence-corrected chi connectivity index (χ1v) is 12.6. The predicted octanol–water partition coefficient (Wildman–Crippen LogP) is 1.66. The lowest BCUT2D eigenvalue weighted by Gasteiger charge is -2.47. The van der Waals surface area contributed by atoms with Gasteiger partial charge in [-0.25, -0.2) is 0 Å². The Morgan fingerprint density at radius 2 is 1.64 bits per heavy atom. The summed E-state index contributed by atoms with van der Waals surface area (Å²) in [5.41, 5.74) is 1.41. The summed E-state index contributed by atoms with van der Waals surface area (Å²) in [5, 5.41) is 3.96. The van der Waals surface area contributed by atoms with E-state index in [0.29, 0.717) is 48.8 Å². The molecule has 0 aliphatic carbocycles. The van der Waals surface area contributed by atoms with Crippen molar-refractivity contribution in [2.45, 2.75) is 31.8 Å². The van der Waals surface area contributed by atoms with Crippen LogP contribution in [0.4, 0.5) is 5.69 Å². The average Bonchev–Trinajstić information content (AvgIpc) is 2.80. The topological polar surface area (TPSA) is 76.2 Å². The number of hydrogen-bond acceptors (Lipinski definition) is 6. The molecule has 0 unspecified atom stereocenters. The van der Waals surface area contributed by atoms with Gasteiger partial charge in [0.1, 0.15) is 0 Å². The average molecular weight is 494 g/mol. The molecule has 180 valence electrons. The van der Waals surface area contributed by atoms with E-state index in [1.807, 2.05) is 17.0 Å². The maximum absolute atomic E-state index is 12.9. The predicted molar refractivity (Wildman–Crippen MR) is 132 cm³/mol. The molecule has 1 aromatic carbocycles. The number of nitrogens with one attached hydrogen (secondary N) is 1. The van der Waals surface area contributed by atoms with Crippen molar-refractivity contribution in [3.8, 4) is 0 Å². The first-order chi connectivity index (χ1) is 15.9. The lowest BCUT2D eigenvalue weighted by atomic mass is 9.97. The van der Waals surface area contributed by atoms with Gasteiger partial charge in [-0.3, -0.25) is 19.3 Å². The molecule has 33 heavy (non-hydrogen) atoms. The Morgan fingerprint density at radius 3 is 2.21 bits per heavy atom. The van der Waals surface area contributed by atoms with Crippen molar-refractivity contribution in [3.05, 3.63) is 28.8 Å². The number of carbonyl (C=O) groups is 3.